The van der Waals surface area contributed by atoms with Crippen LogP contribution in [0.5, 0.6) is 23.0 Å². The molecule has 3 aromatic carbocycles. The van der Waals surface area contributed by atoms with E-state index in [1.807, 2.05) is 18.2 Å². The SMILES string of the molecule is O=C1CS(=O)(=O)C(c2cc3c(cc2[N+](=O)[O-])OCO3)N1c1ccc(Oc2ccccc2)cc1. The second kappa shape index (κ2) is 7.78. The van der Waals surface area contributed by atoms with Crippen LogP contribution >= 0.6 is 0 Å². The van der Waals surface area contributed by atoms with Gasteiger partial charge in [-0.1, -0.05) is 18.2 Å². The molecule has 0 bridgehead atoms. The van der Waals surface area contributed by atoms with E-state index in [1.165, 1.54) is 18.2 Å². The minimum absolute atomic E-state index is 0.140. The first-order valence-electron chi connectivity index (χ1n) is 9.78. The molecule has 0 radical (unpaired) electrons. The van der Waals surface area contributed by atoms with Gasteiger partial charge in [-0.15, -0.1) is 0 Å². The van der Waals surface area contributed by atoms with Crippen LogP contribution in [-0.2, 0) is 14.6 Å². The summed E-state index contributed by atoms with van der Waals surface area (Å²) < 4.78 is 42.1. The van der Waals surface area contributed by atoms with Crippen molar-refractivity contribution in [2.75, 3.05) is 17.4 Å². The number of ether oxygens (including phenoxy) is 3. The largest absolute Gasteiger partial charge is 0.457 e. The lowest BCUT2D eigenvalue weighted by atomic mass is 10.1. The lowest BCUT2D eigenvalue weighted by Gasteiger charge is -2.24. The maximum atomic E-state index is 13.0. The molecule has 3 aromatic rings. The van der Waals surface area contributed by atoms with Gasteiger partial charge >= 0.3 is 0 Å². The number of para-hydroxylation sites is 1. The molecule has 168 valence electrons. The van der Waals surface area contributed by atoms with Crippen LogP contribution in [0.1, 0.15) is 10.9 Å². The monoisotopic (exact) mass is 468 g/mol. The van der Waals surface area contributed by atoms with E-state index in [0.717, 1.165) is 11.0 Å². The van der Waals surface area contributed by atoms with Crippen LogP contribution in [0.4, 0.5) is 11.4 Å². The van der Waals surface area contributed by atoms with Crippen LogP contribution in [0.2, 0.25) is 0 Å². The molecule has 2 aliphatic rings. The third-order valence-electron chi connectivity index (χ3n) is 5.25. The molecule has 1 saturated heterocycles. The third kappa shape index (κ3) is 3.72. The molecule has 33 heavy (non-hydrogen) atoms. The number of amides is 1. The van der Waals surface area contributed by atoms with Crippen molar-refractivity contribution in [3.63, 3.8) is 0 Å². The van der Waals surface area contributed by atoms with E-state index in [0.29, 0.717) is 11.5 Å². The highest BCUT2D eigenvalue weighted by Gasteiger charge is 2.49. The maximum Gasteiger partial charge on any atom is 0.279 e. The molecule has 1 amide bonds. The number of carbonyl (C=O) groups excluding carboxylic acids is 1. The Morgan fingerprint density at radius 2 is 1.61 bits per heavy atom. The van der Waals surface area contributed by atoms with E-state index in [1.54, 1.807) is 24.3 Å². The fourth-order valence-corrected chi connectivity index (χ4v) is 5.60. The highest BCUT2D eigenvalue weighted by atomic mass is 32.2. The second-order valence-corrected chi connectivity index (χ2v) is 9.41. The van der Waals surface area contributed by atoms with E-state index >= 15 is 0 Å². The topological polar surface area (TPSA) is 125 Å². The molecule has 0 spiro atoms. The molecule has 0 saturated carbocycles. The van der Waals surface area contributed by atoms with Gasteiger partial charge < -0.3 is 14.2 Å². The van der Waals surface area contributed by atoms with Crippen molar-refractivity contribution in [2.24, 2.45) is 0 Å². The Labute approximate surface area is 188 Å². The zero-order valence-corrected chi connectivity index (χ0v) is 17.7. The van der Waals surface area contributed by atoms with Crippen molar-refractivity contribution in [2.45, 2.75) is 5.37 Å². The van der Waals surface area contributed by atoms with Crippen molar-refractivity contribution >= 4 is 27.1 Å². The minimum atomic E-state index is -4.07. The van der Waals surface area contributed by atoms with E-state index < -0.39 is 37.5 Å². The smallest absolute Gasteiger partial charge is 0.279 e. The molecule has 2 aliphatic heterocycles. The molecule has 1 unspecified atom stereocenters. The number of nitro groups is 1. The van der Waals surface area contributed by atoms with Gasteiger partial charge in [0.05, 0.1) is 16.6 Å². The Bertz CT molecular complexity index is 1360. The molecule has 5 rings (SSSR count). The number of sulfone groups is 1. The molecular formula is C22H16N2O8S. The van der Waals surface area contributed by atoms with Gasteiger partial charge in [-0.05, 0) is 42.5 Å². The number of hydrogen-bond acceptors (Lipinski definition) is 8. The Balaban J connectivity index is 1.55. The fraction of sp³-hybridized carbons (Fsp3) is 0.136. The number of nitro benzene ring substituents is 1. The van der Waals surface area contributed by atoms with Gasteiger partial charge in [-0.2, -0.15) is 0 Å². The number of anilines is 1. The molecule has 1 atom stereocenters. The Kier molecular flexibility index (Phi) is 4.90. The zero-order valence-electron chi connectivity index (χ0n) is 16.9. The predicted octanol–water partition coefficient (Wildman–Crippen LogP) is 3.58. The number of rotatable bonds is 5. The summed E-state index contributed by atoms with van der Waals surface area (Å²) >= 11 is 0. The third-order valence-corrected chi connectivity index (χ3v) is 7.04. The van der Waals surface area contributed by atoms with Crippen molar-refractivity contribution in [3.05, 3.63) is 82.4 Å². The van der Waals surface area contributed by atoms with Crippen molar-refractivity contribution in [1.29, 1.82) is 0 Å². The summed E-state index contributed by atoms with van der Waals surface area (Å²) in [6, 6.07) is 17.7. The van der Waals surface area contributed by atoms with E-state index in [9.17, 15) is 23.3 Å². The number of carbonyl (C=O) groups is 1. The molecule has 10 nitrogen and oxygen atoms in total. The molecule has 11 heteroatoms. The summed E-state index contributed by atoms with van der Waals surface area (Å²) in [5.74, 6) is -0.0588. The van der Waals surface area contributed by atoms with Gasteiger partial charge in [0.2, 0.25) is 12.7 Å². The summed E-state index contributed by atoms with van der Waals surface area (Å²) in [4.78, 5) is 24.8. The first-order valence-corrected chi connectivity index (χ1v) is 11.5. The molecule has 0 aromatic heterocycles. The Morgan fingerprint density at radius 1 is 0.970 bits per heavy atom. The van der Waals surface area contributed by atoms with Crippen LogP contribution in [0.25, 0.3) is 0 Å². The number of benzene rings is 3. The first-order chi connectivity index (χ1) is 15.8. The number of fused-ring (bicyclic) bond motifs is 1. The lowest BCUT2D eigenvalue weighted by Crippen LogP contribution is -2.29. The van der Waals surface area contributed by atoms with Gasteiger partial charge in [-0.3, -0.25) is 19.8 Å². The van der Waals surface area contributed by atoms with E-state index in [4.69, 9.17) is 14.2 Å². The van der Waals surface area contributed by atoms with Crippen LogP contribution < -0.4 is 19.1 Å². The summed E-state index contributed by atoms with van der Waals surface area (Å²) in [5, 5.41) is 10.1. The molecule has 0 aliphatic carbocycles. The zero-order chi connectivity index (χ0) is 23.2. The molecule has 2 heterocycles. The van der Waals surface area contributed by atoms with Crippen LogP contribution in [0, 0.1) is 10.1 Å². The van der Waals surface area contributed by atoms with Crippen LogP contribution in [0.15, 0.2) is 66.7 Å². The standard InChI is InChI=1S/C22H16N2O8S/c25-21-12-33(28,29)22(17-10-19-20(31-13-30-19)11-18(17)24(26)27)23(21)14-6-8-16(9-7-14)32-15-4-2-1-3-5-15/h1-11,22H,12-13H2. The Morgan fingerprint density at radius 3 is 2.27 bits per heavy atom. The molecular weight excluding hydrogens is 452 g/mol. The minimum Gasteiger partial charge on any atom is -0.457 e. The average Bonchev–Trinajstić information content (AvgIpc) is 3.34. The van der Waals surface area contributed by atoms with Gasteiger partial charge in [-0.25, -0.2) is 8.42 Å². The first kappa shape index (κ1) is 20.8. The molecule has 1 fully saturated rings. The van der Waals surface area contributed by atoms with E-state index in [-0.39, 0.29) is 29.5 Å². The quantitative estimate of drug-likeness (QED) is 0.411. The fourth-order valence-electron chi connectivity index (χ4n) is 3.83. The summed E-state index contributed by atoms with van der Waals surface area (Å²) in [7, 11) is -4.07. The average molecular weight is 468 g/mol. The summed E-state index contributed by atoms with van der Waals surface area (Å²) in [6.07, 6.45) is 0. The van der Waals surface area contributed by atoms with Crippen molar-refractivity contribution in [1.82, 2.24) is 0 Å². The summed E-state index contributed by atoms with van der Waals surface area (Å²) in [6.45, 7) is -0.140. The normalized spacial score (nSPS) is 18.4. The highest BCUT2D eigenvalue weighted by molar-refractivity contribution is 7.93. The lowest BCUT2D eigenvalue weighted by molar-refractivity contribution is -0.385. The van der Waals surface area contributed by atoms with Crippen molar-refractivity contribution < 1.29 is 32.3 Å². The molecule has 0 N–H and O–H groups in total. The Hall–Kier alpha value is -4.12. The number of nitrogens with zero attached hydrogens (tertiary/aromatic N) is 2. The van der Waals surface area contributed by atoms with Gasteiger partial charge in [0.1, 0.15) is 17.3 Å². The van der Waals surface area contributed by atoms with Crippen LogP contribution in [0.3, 0.4) is 0 Å². The highest BCUT2D eigenvalue weighted by Crippen LogP contribution is 2.46. The second-order valence-electron chi connectivity index (χ2n) is 7.35. The van der Waals surface area contributed by atoms with Gasteiger partial charge in [0.15, 0.2) is 26.7 Å². The van der Waals surface area contributed by atoms with Crippen LogP contribution in [-0.4, -0.2) is 31.8 Å². The van der Waals surface area contributed by atoms with Gasteiger partial charge in [0.25, 0.3) is 5.69 Å². The predicted molar refractivity (Wildman–Crippen MR) is 116 cm³/mol. The summed E-state index contributed by atoms with van der Waals surface area (Å²) in [5.41, 5.74) is -0.380. The van der Waals surface area contributed by atoms with Gasteiger partial charge in [0, 0.05) is 5.69 Å². The van der Waals surface area contributed by atoms with Crippen molar-refractivity contribution in [3.8, 4) is 23.0 Å². The van der Waals surface area contributed by atoms with E-state index in [2.05, 4.69) is 0 Å². The maximum absolute atomic E-state index is 13.0. The number of hydrogen-bond donors (Lipinski definition) is 0.